The maximum atomic E-state index is 11.2. The Balaban J connectivity index is 2.39. The fourth-order valence-corrected chi connectivity index (χ4v) is 1.70. The number of hydrogen-bond acceptors (Lipinski definition) is 3. The Hall–Kier alpha value is -1.81. The number of carbonyl (C=O) groups is 1. The van der Waals surface area contributed by atoms with Crippen molar-refractivity contribution in [3.8, 4) is 0 Å². The van der Waals surface area contributed by atoms with Crippen LogP contribution in [0.3, 0.4) is 0 Å². The Morgan fingerprint density at radius 3 is 2.94 bits per heavy atom. The second-order valence-electron chi connectivity index (χ2n) is 3.52. The quantitative estimate of drug-likeness (QED) is 0.815. The molecule has 0 radical (unpaired) electrons. The minimum absolute atomic E-state index is 0.325. The van der Waals surface area contributed by atoms with Crippen molar-refractivity contribution in [3.63, 3.8) is 0 Å². The largest absolute Gasteiger partial charge is 0.477 e. The van der Waals surface area contributed by atoms with Crippen LogP contribution < -0.4 is 5.32 Å². The molecule has 2 rings (SSSR count). The van der Waals surface area contributed by atoms with Crippen LogP contribution in [0.25, 0.3) is 6.08 Å². The van der Waals surface area contributed by atoms with Crippen LogP contribution in [0.15, 0.2) is 30.3 Å². The number of benzene rings is 1. The average Bonchev–Trinajstić information content (AvgIpc) is 2.29. The summed E-state index contributed by atoms with van der Waals surface area (Å²) in [5.41, 5.74) is 0.281. The first-order valence-corrected chi connectivity index (χ1v) is 5.12. The molecule has 16 heavy (non-hydrogen) atoms. The molecule has 0 saturated carbocycles. The second kappa shape index (κ2) is 3.98. The molecule has 0 saturated heterocycles. The minimum Gasteiger partial charge on any atom is -0.477 e. The molecule has 0 amide bonds. The van der Waals surface area contributed by atoms with Gasteiger partial charge in [0.05, 0.1) is 0 Å². The monoisotopic (exact) mass is 219 g/mol. The number of anilines is 1. The Bertz CT molecular complexity index is 442. The highest BCUT2D eigenvalue weighted by atomic mass is 16.5. The van der Waals surface area contributed by atoms with Gasteiger partial charge >= 0.3 is 5.97 Å². The molecule has 0 aliphatic carbocycles. The van der Waals surface area contributed by atoms with Gasteiger partial charge in [0.25, 0.3) is 5.72 Å². The molecule has 1 aromatic rings. The number of hydrogen-bond donors (Lipinski definition) is 2. The van der Waals surface area contributed by atoms with Crippen molar-refractivity contribution < 1.29 is 14.6 Å². The van der Waals surface area contributed by atoms with Crippen molar-refractivity contribution >= 4 is 17.7 Å². The second-order valence-corrected chi connectivity index (χ2v) is 3.52. The van der Waals surface area contributed by atoms with E-state index in [1.165, 1.54) is 6.08 Å². The summed E-state index contributed by atoms with van der Waals surface area (Å²) in [4.78, 5) is 11.2. The number of para-hydroxylation sites is 1. The number of rotatable bonds is 3. The molecule has 4 nitrogen and oxygen atoms in total. The zero-order valence-corrected chi connectivity index (χ0v) is 8.93. The molecular formula is C12H13NO3. The summed E-state index contributed by atoms with van der Waals surface area (Å²) in [5.74, 6) is -1.04. The van der Waals surface area contributed by atoms with E-state index >= 15 is 0 Å². The van der Waals surface area contributed by atoms with Gasteiger partial charge in [-0.15, -0.1) is 0 Å². The molecule has 1 unspecified atom stereocenters. The lowest BCUT2D eigenvalue weighted by atomic mass is 10.0. The highest BCUT2D eigenvalue weighted by Crippen LogP contribution is 2.29. The van der Waals surface area contributed by atoms with Crippen LogP contribution in [0.4, 0.5) is 5.69 Å². The first-order valence-electron chi connectivity index (χ1n) is 5.12. The topological polar surface area (TPSA) is 58.6 Å². The van der Waals surface area contributed by atoms with E-state index in [2.05, 4.69) is 5.32 Å². The fraction of sp³-hybridized carbons (Fsp3) is 0.250. The summed E-state index contributed by atoms with van der Waals surface area (Å²) >= 11 is 0. The molecule has 0 bridgehead atoms. The molecular weight excluding hydrogens is 206 g/mol. The van der Waals surface area contributed by atoms with Crippen molar-refractivity contribution in [2.45, 2.75) is 12.6 Å². The van der Waals surface area contributed by atoms with E-state index in [1.807, 2.05) is 24.3 Å². The van der Waals surface area contributed by atoms with Gasteiger partial charge in [-0.3, -0.25) is 0 Å². The van der Waals surface area contributed by atoms with Gasteiger partial charge in [0.1, 0.15) is 0 Å². The van der Waals surface area contributed by atoms with Gasteiger partial charge in [0.15, 0.2) is 0 Å². The van der Waals surface area contributed by atoms with E-state index in [1.54, 1.807) is 13.0 Å². The smallest absolute Gasteiger partial charge is 0.361 e. The van der Waals surface area contributed by atoms with Crippen LogP contribution in [0.1, 0.15) is 12.5 Å². The SMILES string of the molecule is CCOC1(C(=O)O)C=Cc2ccccc2N1. The lowest BCUT2D eigenvalue weighted by molar-refractivity contribution is -0.155. The third-order valence-electron chi connectivity index (χ3n) is 2.47. The predicted molar refractivity (Wildman–Crippen MR) is 61.1 cm³/mol. The number of fused-ring (bicyclic) bond motifs is 1. The van der Waals surface area contributed by atoms with E-state index in [4.69, 9.17) is 4.74 Å². The van der Waals surface area contributed by atoms with Crippen molar-refractivity contribution in [2.24, 2.45) is 0 Å². The van der Waals surface area contributed by atoms with Gasteiger partial charge in [-0.1, -0.05) is 24.3 Å². The Morgan fingerprint density at radius 2 is 2.25 bits per heavy atom. The van der Waals surface area contributed by atoms with Crippen molar-refractivity contribution in [1.29, 1.82) is 0 Å². The van der Waals surface area contributed by atoms with Gasteiger partial charge in [-0.2, -0.15) is 0 Å². The van der Waals surface area contributed by atoms with Crippen LogP contribution in [0, 0.1) is 0 Å². The van der Waals surface area contributed by atoms with E-state index in [0.29, 0.717) is 6.61 Å². The maximum Gasteiger partial charge on any atom is 0.361 e. The summed E-state index contributed by atoms with van der Waals surface area (Å²) in [5, 5.41) is 12.1. The lowest BCUT2D eigenvalue weighted by Crippen LogP contribution is -2.48. The van der Waals surface area contributed by atoms with Gasteiger partial charge in [0, 0.05) is 12.3 Å². The first-order chi connectivity index (χ1) is 7.68. The third kappa shape index (κ3) is 1.67. The predicted octanol–water partition coefficient (Wildman–Crippen LogP) is 1.94. The summed E-state index contributed by atoms with van der Waals surface area (Å²) in [6.45, 7) is 2.09. The van der Waals surface area contributed by atoms with Crippen LogP contribution >= 0.6 is 0 Å². The first kappa shape index (κ1) is 10.7. The normalized spacial score (nSPS) is 22.3. The lowest BCUT2D eigenvalue weighted by Gasteiger charge is -2.31. The van der Waals surface area contributed by atoms with Gasteiger partial charge in [0.2, 0.25) is 0 Å². The zero-order valence-electron chi connectivity index (χ0n) is 8.93. The Morgan fingerprint density at radius 1 is 1.50 bits per heavy atom. The van der Waals surface area contributed by atoms with Crippen molar-refractivity contribution in [2.75, 3.05) is 11.9 Å². The number of carboxylic acid groups (broad SMARTS) is 1. The highest BCUT2D eigenvalue weighted by Gasteiger charge is 2.39. The molecule has 0 spiro atoms. The molecule has 2 N–H and O–H groups in total. The number of nitrogens with one attached hydrogen (secondary N) is 1. The molecule has 1 heterocycles. The van der Waals surface area contributed by atoms with Gasteiger partial charge < -0.3 is 15.2 Å². The van der Waals surface area contributed by atoms with E-state index in [0.717, 1.165) is 11.3 Å². The van der Waals surface area contributed by atoms with E-state index in [9.17, 15) is 9.90 Å². The molecule has 0 aromatic heterocycles. The average molecular weight is 219 g/mol. The molecule has 0 fully saturated rings. The summed E-state index contributed by atoms with van der Waals surface area (Å²) < 4.78 is 5.29. The molecule has 1 atom stereocenters. The molecule has 1 aromatic carbocycles. The summed E-state index contributed by atoms with van der Waals surface area (Å²) in [7, 11) is 0. The van der Waals surface area contributed by atoms with Gasteiger partial charge in [-0.05, 0) is 24.6 Å². The molecule has 4 heteroatoms. The van der Waals surface area contributed by atoms with Crippen molar-refractivity contribution in [3.05, 3.63) is 35.9 Å². The minimum atomic E-state index is -1.44. The van der Waals surface area contributed by atoms with Crippen LogP contribution in [-0.4, -0.2) is 23.4 Å². The molecule has 84 valence electrons. The Labute approximate surface area is 93.5 Å². The number of ether oxygens (including phenoxy) is 1. The fourth-order valence-electron chi connectivity index (χ4n) is 1.70. The highest BCUT2D eigenvalue weighted by molar-refractivity contribution is 5.89. The van der Waals surface area contributed by atoms with E-state index in [-0.39, 0.29) is 0 Å². The maximum absolute atomic E-state index is 11.2. The van der Waals surface area contributed by atoms with E-state index < -0.39 is 11.7 Å². The summed E-state index contributed by atoms with van der Waals surface area (Å²) in [6, 6.07) is 7.49. The Kier molecular flexibility index (Phi) is 2.66. The zero-order chi connectivity index (χ0) is 11.6. The van der Waals surface area contributed by atoms with Crippen molar-refractivity contribution in [1.82, 2.24) is 0 Å². The van der Waals surface area contributed by atoms with Gasteiger partial charge in [-0.25, -0.2) is 4.79 Å². The number of carboxylic acids is 1. The van der Waals surface area contributed by atoms with Crippen LogP contribution in [-0.2, 0) is 9.53 Å². The van der Waals surface area contributed by atoms with Crippen LogP contribution in [0.2, 0.25) is 0 Å². The standard InChI is InChI=1S/C12H13NO3/c1-2-16-12(11(14)15)8-7-9-5-3-4-6-10(9)13-12/h3-8,13H,2H2,1H3,(H,14,15). The molecule has 1 aliphatic heterocycles. The molecule has 1 aliphatic rings. The summed E-state index contributed by atoms with van der Waals surface area (Å²) in [6.07, 6.45) is 3.29. The third-order valence-corrected chi connectivity index (χ3v) is 2.47. The number of aliphatic carboxylic acids is 1. The van der Waals surface area contributed by atoms with Crippen LogP contribution in [0.5, 0.6) is 0 Å².